The Bertz CT molecular complexity index is 560. The first-order valence-electron chi connectivity index (χ1n) is 4.18. The number of aromatic nitrogens is 1. The number of carboxylic acid groups (broad SMARTS) is 1. The predicted octanol–water partition coefficient (Wildman–Crippen LogP) is 3.18. The molecule has 1 aromatic carbocycles. The van der Waals surface area contributed by atoms with Crippen LogP contribution >= 0.6 is 23.2 Å². The number of hydrogen-bond acceptors (Lipinski definition) is 1. The second-order valence-corrected chi connectivity index (χ2v) is 4.06. The van der Waals surface area contributed by atoms with Crippen molar-refractivity contribution in [1.29, 1.82) is 0 Å². The van der Waals surface area contributed by atoms with E-state index in [4.69, 9.17) is 28.3 Å². The Kier molecular flexibility index (Phi) is 2.37. The molecule has 0 saturated heterocycles. The number of carbonyl (C=O) groups is 1. The van der Waals surface area contributed by atoms with Crippen LogP contribution in [0.15, 0.2) is 18.3 Å². The number of aryl methyl sites for hydroxylation is 1. The van der Waals surface area contributed by atoms with Crippen molar-refractivity contribution in [2.75, 3.05) is 0 Å². The van der Waals surface area contributed by atoms with Crippen LogP contribution in [0.25, 0.3) is 10.9 Å². The van der Waals surface area contributed by atoms with Crippen LogP contribution in [0.5, 0.6) is 0 Å². The number of hydrogen-bond donors (Lipinski definition) is 1. The van der Waals surface area contributed by atoms with E-state index in [2.05, 4.69) is 0 Å². The van der Waals surface area contributed by atoms with Crippen LogP contribution in [-0.2, 0) is 7.05 Å². The minimum atomic E-state index is -0.973. The summed E-state index contributed by atoms with van der Waals surface area (Å²) in [6.45, 7) is 0. The maximum absolute atomic E-state index is 10.9. The molecule has 0 saturated carbocycles. The van der Waals surface area contributed by atoms with Gasteiger partial charge in [0.2, 0.25) is 0 Å². The summed E-state index contributed by atoms with van der Waals surface area (Å²) in [7, 11) is 1.76. The zero-order chi connectivity index (χ0) is 11.2. The fourth-order valence-electron chi connectivity index (χ4n) is 1.55. The number of nitrogens with zero attached hydrogens (tertiary/aromatic N) is 1. The average Bonchev–Trinajstić information content (AvgIpc) is 2.45. The van der Waals surface area contributed by atoms with Gasteiger partial charge in [-0.1, -0.05) is 23.2 Å². The van der Waals surface area contributed by atoms with Gasteiger partial charge in [-0.2, -0.15) is 0 Å². The first kappa shape index (κ1) is 10.3. The Morgan fingerprint density at radius 2 is 1.93 bits per heavy atom. The lowest BCUT2D eigenvalue weighted by molar-refractivity contribution is 0.0699. The molecule has 1 heterocycles. The van der Waals surface area contributed by atoms with Crippen LogP contribution in [-0.4, -0.2) is 15.6 Å². The lowest BCUT2D eigenvalue weighted by Crippen LogP contribution is -1.93. The van der Waals surface area contributed by atoms with Crippen LogP contribution in [0.3, 0.4) is 0 Å². The zero-order valence-electron chi connectivity index (χ0n) is 7.79. The lowest BCUT2D eigenvalue weighted by Gasteiger charge is -1.99. The molecule has 2 aromatic rings. The van der Waals surface area contributed by atoms with Crippen LogP contribution in [0, 0.1) is 0 Å². The Morgan fingerprint density at radius 3 is 2.53 bits per heavy atom. The van der Waals surface area contributed by atoms with Crippen molar-refractivity contribution in [3.8, 4) is 0 Å². The van der Waals surface area contributed by atoms with Gasteiger partial charge < -0.3 is 9.67 Å². The fourth-order valence-corrected chi connectivity index (χ4v) is 1.87. The average molecular weight is 244 g/mol. The first-order valence-corrected chi connectivity index (χ1v) is 4.93. The van der Waals surface area contributed by atoms with Gasteiger partial charge in [0, 0.05) is 18.6 Å². The highest BCUT2D eigenvalue weighted by Crippen LogP contribution is 2.30. The topological polar surface area (TPSA) is 42.2 Å². The summed E-state index contributed by atoms with van der Waals surface area (Å²) in [6, 6.07) is 3.23. The van der Waals surface area contributed by atoms with Crippen molar-refractivity contribution in [3.63, 3.8) is 0 Å². The van der Waals surface area contributed by atoms with E-state index in [-0.39, 0.29) is 5.56 Å². The van der Waals surface area contributed by atoms with Crippen LogP contribution in [0.2, 0.25) is 10.0 Å². The molecular weight excluding hydrogens is 237 g/mol. The van der Waals surface area contributed by atoms with E-state index in [1.54, 1.807) is 29.9 Å². The Labute approximate surface area is 95.8 Å². The molecule has 0 spiro atoms. The van der Waals surface area contributed by atoms with Crippen molar-refractivity contribution in [2.24, 2.45) is 7.05 Å². The van der Waals surface area contributed by atoms with E-state index >= 15 is 0 Å². The summed E-state index contributed by atoms with van der Waals surface area (Å²) < 4.78 is 1.71. The number of benzene rings is 1. The van der Waals surface area contributed by atoms with Gasteiger partial charge in [0.05, 0.1) is 21.1 Å². The highest BCUT2D eigenvalue weighted by molar-refractivity contribution is 6.42. The number of aromatic carboxylic acids is 1. The standard InChI is InChI=1S/C10H7Cl2NO2/c1-13-4-6(10(14)15)5-2-7(11)8(12)3-9(5)13/h2-4H,1H3,(H,14,15). The second kappa shape index (κ2) is 3.43. The normalized spacial score (nSPS) is 10.9. The van der Waals surface area contributed by atoms with Gasteiger partial charge in [-0.15, -0.1) is 0 Å². The Hall–Kier alpha value is -1.19. The van der Waals surface area contributed by atoms with Crippen molar-refractivity contribution < 1.29 is 9.90 Å². The van der Waals surface area contributed by atoms with Gasteiger partial charge in [-0.3, -0.25) is 0 Å². The maximum Gasteiger partial charge on any atom is 0.337 e. The molecule has 15 heavy (non-hydrogen) atoms. The predicted molar refractivity (Wildman–Crippen MR) is 59.9 cm³/mol. The van der Waals surface area contributed by atoms with E-state index in [1.165, 1.54) is 0 Å². The molecule has 5 heteroatoms. The molecule has 0 aliphatic rings. The molecule has 1 N–H and O–H groups in total. The van der Waals surface area contributed by atoms with Crippen LogP contribution in [0.1, 0.15) is 10.4 Å². The molecule has 0 amide bonds. The summed E-state index contributed by atoms with van der Waals surface area (Å²) in [4.78, 5) is 10.9. The summed E-state index contributed by atoms with van der Waals surface area (Å²) in [5.74, 6) is -0.973. The maximum atomic E-state index is 10.9. The molecule has 3 nitrogen and oxygen atoms in total. The Balaban J connectivity index is 2.88. The first-order chi connectivity index (χ1) is 7.00. The molecule has 0 aliphatic carbocycles. The molecule has 2 rings (SSSR count). The summed E-state index contributed by atoms with van der Waals surface area (Å²) in [5, 5.41) is 10.3. The van der Waals surface area contributed by atoms with E-state index in [1.807, 2.05) is 0 Å². The number of rotatable bonds is 1. The van der Waals surface area contributed by atoms with E-state index in [0.29, 0.717) is 15.4 Å². The molecule has 78 valence electrons. The number of fused-ring (bicyclic) bond motifs is 1. The fraction of sp³-hybridized carbons (Fsp3) is 0.100. The SMILES string of the molecule is Cn1cc(C(=O)O)c2cc(Cl)c(Cl)cc21. The van der Waals surface area contributed by atoms with Gasteiger partial charge in [-0.25, -0.2) is 4.79 Å². The third kappa shape index (κ3) is 1.58. The summed E-state index contributed by atoms with van der Waals surface area (Å²) in [5.41, 5.74) is 0.980. The zero-order valence-corrected chi connectivity index (χ0v) is 9.30. The van der Waals surface area contributed by atoms with Crippen molar-refractivity contribution in [2.45, 2.75) is 0 Å². The van der Waals surface area contributed by atoms with Crippen molar-refractivity contribution >= 4 is 40.1 Å². The highest BCUT2D eigenvalue weighted by atomic mass is 35.5. The number of carboxylic acids is 1. The summed E-state index contributed by atoms with van der Waals surface area (Å²) in [6.07, 6.45) is 1.54. The van der Waals surface area contributed by atoms with Crippen molar-refractivity contribution in [1.82, 2.24) is 4.57 Å². The molecule has 0 atom stereocenters. The molecule has 0 fully saturated rings. The van der Waals surface area contributed by atoms with Crippen LogP contribution < -0.4 is 0 Å². The third-order valence-corrected chi connectivity index (χ3v) is 2.98. The van der Waals surface area contributed by atoms with E-state index in [0.717, 1.165) is 5.52 Å². The molecule has 0 unspecified atom stereocenters. The molecule has 0 bridgehead atoms. The van der Waals surface area contributed by atoms with E-state index in [9.17, 15) is 4.79 Å². The van der Waals surface area contributed by atoms with Gasteiger partial charge in [0.15, 0.2) is 0 Å². The molecule has 0 radical (unpaired) electrons. The highest BCUT2D eigenvalue weighted by Gasteiger charge is 2.14. The van der Waals surface area contributed by atoms with Gasteiger partial charge in [-0.05, 0) is 12.1 Å². The number of halogens is 2. The lowest BCUT2D eigenvalue weighted by atomic mass is 10.2. The molecule has 1 aromatic heterocycles. The molecule has 0 aliphatic heterocycles. The minimum absolute atomic E-state index is 0.228. The Morgan fingerprint density at radius 1 is 1.33 bits per heavy atom. The van der Waals surface area contributed by atoms with Crippen LogP contribution in [0.4, 0.5) is 0 Å². The monoisotopic (exact) mass is 243 g/mol. The smallest absolute Gasteiger partial charge is 0.337 e. The van der Waals surface area contributed by atoms with Gasteiger partial charge >= 0.3 is 5.97 Å². The summed E-state index contributed by atoms with van der Waals surface area (Å²) >= 11 is 11.7. The minimum Gasteiger partial charge on any atom is -0.478 e. The van der Waals surface area contributed by atoms with E-state index < -0.39 is 5.97 Å². The largest absolute Gasteiger partial charge is 0.478 e. The van der Waals surface area contributed by atoms with Gasteiger partial charge in [0.25, 0.3) is 0 Å². The second-order valence-electron chi connectivity index (χ2n) is 3.24. The van der Waals surface area contributed by atoms with Crippen molar-refractivity contribution in [3.05, 3.63) is 33.9 Å². The molecular formula is C10H7Cl2NO2. The third-order valence-electron chi connectivity index (χ3n) is 2.26. The quantitative estimate of drug-likeness (QED) is 0.836. The van der Waals surface area contributed by atoms with Gasteiger partial charge in [0.1, 0.15) is 0 Å².